The molecule has 136 valence electrons. The lowest BCUT2D eigenvalue weighted by molar-refractivity contribution is 0.224. The van der Waals surface area contributed by atoms with E-state index in [0.29, 0.717) is 0 Å². The maximum atomic E-state index is 14.0. The van der Waals surface area contributed by atoms with E-state index < -0.39 is 11.6 Å². The Hall–Kier alpha value is -2.47. The molecule has 0 spiro atoms. The van der Waals surface area contributed by atoms with Gasteiger partial charge in [0.1, 0.15) is 11.6 Å². The van der Waals surface area contributed by atoms with Gasteiger partial charge in [0.25, 0.3) is 0 Å². The van der Waals surface area contributed by atoms with Crippen LogP contribution < -0.4 is 10.2 Å². The lowest BCUT2D eigenvalue weighted by Crippen LogP contribution is -2.48. The molecular formula is C20H21F2N3O. The van der Waals surface area contributed by atoms with E-state index in [1.165, 1.54) is 6.07 Å². The highest BCUT2D eigenvalue weighted by atomic mass is 19.1. The van der Waals surface area contributed by atoms with Crippen LogP contribution in [0.25, 0.3) is 0 Å². The van der Waals surface area contributed by atoms with Crippen molar-refractivity contribution in [1.82, 2.24) is 4.90 Å². The molecule has 4 rings (SSSR count). The van der Waals surface area contributed by atoms with E-state index in [1.54, 1.807) is 4.90 Å². The molecule has 4 nitrogen and oxygen atoms in total. The molecule has 1 saturated heterocycles. The van der Waals surface area contributed by atoms with Crippen molar-refractivity contribution < 1.29 is 13.6 Å². The molecule has 2 atom stereocenters. The number of hydrogen-bond acceptors (Lipinski definition) is 2. The fraction of sp³-hybridized carbons (Fsp3) is 0.350. The lowest BCUT2D eigenvalue weighted by Gasteiger charge is -2.36. The molecule has 2 aliphatic heterocycles. The van der Waals surface area contributed by atoms with Crippen molar-refractivity contribution in [3.63, 3.8) is 0 Å². The van der Waals surface area contributed by atoms with Crippen molar-refractivity contribution in [2.45, 2.75) is 25.3 Å². The minimum Gasteiger partial charge on any atom is -0.306 e. The monoisotopic (exact) mass is 357 g/mol. The summed E-state index contributed by atoms with van der Waals surface area (Å²) in [5.74, 6) is -1.20. The van der Waals surface area contributed by atoms with Crippen LogP contribution in [0.2, 0.25) is 0 Å². The molecule has 0 aromatic heterocycles. The number of piperidine rings is 1. The molecule has 1 N–H and O–H groups in total. The van der Waals surface area contributed by atoms with Gasteiger partial charge in [-0.25, -0.2) is 13.6 Å². The number of likely N-dealkylation sites (tertiary alicyclic amines) is 1. The van der Waals surface area contributed by atoms with Gasteiger partial charge in [0.15, 0.2) is 0 Å². The first-order chi connectivity index (χ1) is 12.4. The number of hydrogen-bond donors (Lipinski definition) is 1. The molecule has 0 bridgehead atoms. The van der Waals surface area contributed by atoms with Crippen molar-refractivity contribution in [3.05, 3.63) is 59.2 Å². The molecule has 2 aromatic carbocycles. The van der Waals surface area contributed by atoms with Crippen molar-refractivity contribution in [2.75, 3.05) is 30.4 Å². The van der Waals surface area contributed by atoms with E-state index in [2.05, 4.69) is 23.3 Å². The van der Waals surface area contributed by atoms with Gasteiger partial charge in [0.2, 0.25) is 0 Å². The zero-order valence-electron chi connectivity index (χ0n) is 14.8. The molecule has 1 fully saturated rings. The van der Waals surface area contributed by atoms with Gasteiger partial charge >= 0.3 is 6.03 Å². The zero-order valence-corrected chi connectivity index (χ0v) is 14.8. The Bertz CT molecular complexity index is 870. The fourth-order valence-corrected chi connectivity index (χ4v) is 4.11. The van der Waals surface area contributed by atoms with E-state index in [4.69, 9.17) is 0 Å². The molecule has 2 amide bonds. The SMILES string of the molecule is Cc1ccc2c(c1)[C@@H]1CN(C)CC[C@H]1N2C(=O)Nc1ccc(F)cc1F. The maximum Gasteiger partial charge on any atom is 0.326 e. The number of halogens is 2. The van der Waals surface area contributed by atoms with Crippen LogP contribution in [0.15, 0.2) is 36.4 Å². The lowest BCUT2D eigenvalue weighted by atomic mass is 9.89. The fourth-order valence-electron chi connectivity index (χ4n) is 4.11. The predicted octanol–water partition coefficient (Wildman–Crippen LogP) is 4.11. The van der Waals surface area contributed by atoms with E-state index in [1.807, 2.05) is 19.1 Å². The number of anilines is 2. The molecule has 26 heavy (non-hydrogen) atoms. The van der Waals surface area contributed by atoms with Crippen molar-refractivity contribution >= 4 is 17.4 Å². The summed E-state index contributed by atoms with van der Waals surface area (Å²) in [5.41, 5.74) is 3.18. The van der Waals surface area contributed by atoms with Crippen LogP contribution in [-0.4, -0.2) is 37.1 Å². The van der Waals surface area contributed by atoms with Crippen LogP contribution in [0.3, 0.4) is 0 Å². The summed E-state index contributed by atoms with van der Waals surface area (Å²) < 4.78 is 27.1. The third-order valence-electron chi connectivity index (χ3n) is 5.34. The number of nitrogens with one attached hydrogen (secondary N) is 1. The summed E-state index contributed by atoms with van der Waals surface area (Å²) in [4.78, 5) is 17.0. The van der Waals surface area contributed by atoms with Gasteiger partial charge in [-0.05, 0) is 50.7 Å². The van der Waals surface area contributed by atoms with Gasteiger partial charge in [-0.1, -0.05) is 17.7 Å². The Labute approximate surface area is 151 Å². The molecule has 0 radical (unpaired) electrons. The Morgan fingerprint density at radius 2 is 2.00 bits per heavy atom. The first-order valence-corrected chi connectivity index (χ1v) is 8.78. The standard InChI is InChI=1S/C20H21F2N3O/c1-12-3-6-18-14(9-12)15-11-24(2)8-7-19(15)25(18)20(26)23-17-5-4-13(21)10-16(17)22/h3-6,9-10,15,19H,7-8,11H2,1-2H3,(H,23,26)/t15-,19+/m0/s1. The van der Waals surface area contributed by atoms with Crippen LogP contribution in [0, 0.1) is 18.6 Å². The van der Waals surface area contributed by atoms with E-state index in [0.717, 1.165) is 48.5 Å². The number of amides is 2. The van der Waals surface area contributed by atoms with E-state index >= 15 is 0 Å². The van der Waals surface area contributed by atoms with Gasteiger partial charge in [-0.15, -0.1) is 0 Å². The minimum atomic E-state index is -0.776. The summed E-state index contributed by atoms with van der Waals surface area (Å²) >= 11 is 0. The van der Waals surface area contributed by atoms with Crippen molar-refractivity contribution in [2.24, 2.45) is 0 Å². The highest BCUT2D eigenvalue weighted by Crippen LogP contribution is 2.45. The van der Waals surface area contributed by atoms with E-state index in [-0.39, 0.29) is 23.7 Å². The molecule has 2 aliphatic rings. The highest BCUT2D eigenvalue weighted by molar-refractivity contribution is 6.04. The van der Waals surface area contributed by atoms with Crippen LogP contribution >= 0.6 is 0 Å². The first kappa shape index (κ1) is 17.0. The Morgan fingerprint density at radius 1 is 1.19 bits per heavy atom. The number of rotatable bonds is 1. The molecule has 0 aliphatic carbocycles. The number of benzene rings is 2. The number of aryl methyl sites for hydroxylation is 1. The van der Waals surface area contributed by atoms with E-state index in [9.17, 15) is 13.6 Å². The third-order valence-corrected chi connectivity index (χ3v) is 5.34. The summed E-state index contributed by atoms with van der Waals surface area (Å²) in [6.45, 7) is 3.83. The quantitative estimate of drug-likeness (QED) is 0.834. The normalized spacial score (nSPS) is 22.1. The summed E-state index contributed by atoms with van der Waals surface area (Å²) in [7, 11) is 2.09. The second-order valence-electron chi connectivity index (χ2n) is 7.21. The van der Waals surface area contributed by atoms with Crippen LogP contribution in [0.5, 0.6) is 0 Å². The molecule has 0 saturated carbocycles. The van der Waals surface area contributed by atoms with Crippen LogP contribution in [0.1, 0.15) is 23.5 Å². The third kappa shape index (κ3) is 2.84. The maximum absolute atomic E-state index is 14.0. The second kappa shape index (κ2) is 6.36. The Balaban J connectivity index is 1.68. The average Bonchev–Trinajstić information content (AvgIpc) is 2.90. The first-order valence-electron chi connectivity index (χ1n) is 8.78. The van der Waals surface area contributed by atoms with Gasteiger partial charge in [-0.3, -0.25) is 4.90 Å². The predicted molar refractivity (Wildman–Crippen MR) is 97.7 cm³/mol. The topological polar surface area (TPSA) is 35.6 Å². The second-order valence-corrected chi connectivity index (χ2v) is 7.21. The van der Waals surface area contributed by atoms with Gasteiger partial charge < -0.3 is 10.2 Å². The molecular weight excluding hydrogens is 336 g/mol. The van der Waals surface area contributed by atoms with Crippen molar-refractivity contribution in [1.29, 1.82) is 0 Å². The Morgan fingerprint density at radius 3 is 2.77 bits per heavy atom. The van der Waals surface area contributed by atoms with Crippen LogP contribution in [0.4, 0.5) is 25.0 Å². The zero-order chi connectivity index (χ0) is 18.4. The molecule has 0 unspecified atom stereocenters. The minimum absolute atomic E-state index is 0.0126. The molecule has 2 heterocycles. The number of carbonyl (C=O) groups is 1. The largest absolute Gasteiger partial charge is 0.326 e. The van der Waals surface area contributed by atoms with Gasteiger partial charge in [0.05, 0.1) is 5.69 Å². The Kier molecular flexibility index (Phi) is 4.15. The van der Waals surface area contributed by atoms with Gasteiger partial charge in [0, 0.05) is 30.3 Å². The van der Waals surface area contributed by atoms with Gasteiger partial charge in [-0.2, -0.15) is 0 Å². The molecule has 6 heteroatoms. The number of fused-ring (bicyclic) bond motifs is 3. The number of urea groups is 1. The summed E-state index contributed by atoms with van der Waals surface area (Å²) in [6.07, 6.45) is 0.855. The summed E-state index contributed by atoms with van der Waals surface area (Å²) in [5, 5.41) is 2.61. The molecule has 2 aromatic rings. The highest BCUT2D eigenvalue weighted by Gasteiger charge is 2.44. The average molecular weight is 357 g/mol. The van der Waals surface area contributed by atoms with Crippen molar-refractivity contribution in [3.8, 4) is 0 Å². The number of likely N-dealkylation sites (N-methyl/N-ethyl adjacent to an activating group) is 1. The number of carbonyl (C=O) groups excluding carboxylic acids is 1. The van der Waals surface area contributed by atoms with Crippen LogP contribution in [-0.2, 0) is 0 Å². The summed E-state index contributed by atoms with van der Waals surface area (Å²) in [6, 6.07) is 8.92. The smallest absolute Gasteiger partial charge is 0.306 e. The number of nitrogens with zero attached hydrogens (tertiary/aromatic N) is 2.